The number of methoxy groups -OCH3 is 1. The maximum atomic E-state index is 12.0. The van der Waals surface area contributed by atoms with Crippen molar-refractivity contribution in [2.45, 2.75) is 13.5 Å². The predicted octanol–water partition coefficient (Wildman–Crippen LogP) is 5.55. The molecule has 2 aromatic heterocycles. The maximum Gasteiger partial charge on any atom is 0.337 e. The largest absolute Gasteiger partial charge is 0.494 e. The first-order valence-electron chi connectivity index (χ1n) is 11.2. The molecule has 3 N–H and O–H groups in total. The van der Waals surface area contributed by atoms with Gasteiger partial charge in [-0.1, -0.05) is 31.2 Å². The third-order valence-corrected chi connectivity index (χ3v) is 6.61. The fourth-order valence-electron chi connectivity index (χ4n) is 4.02. The van der Waals surface area contributed by atoms with Gasteiger partial charge >= 0.3 is 5.97 Å². The van der Waals surface area contributed by atoms with Gasteiger partial charge in [0, 0.05) is 23.0 Å². The van der Waals surface area contributed by atoms with Gasteiger partial charge in [-0.2, -0.15) is 0 Å². The highest BCUT2D eigenvalue weighted by molar-refractivity contribution is 7.16. The highest BCUT2D eigenvalue weighted by Crippen LogP contribution is 2.33. The van der Waals surface area contributed by atoms with Gasteiger partial charge < -0.3 is 20.1 Å². The number of aromatic nitrogens is 2. The van der Waals surface area contributed by atoms with E-state index in [1.54, 1.807) is 29.5 Å². The molecule has 0 amide bonds. The van der Waals surface area contributed by atoms with Crippen LogP contribution in [0.1, 0.15) is 34.0 Å². The molecule has 7 nitrogen and oxygen atoms in total. The number of fused-ring (bicyclic) bond motifs is 2. The summed E-state index contributed by atoms with van der Waals surface area (Å²) in [5, 5.41) is 15.0. The third kappa shape index (κ3) is 4.53. The zero-order chi connectivity index (χ0) is 24.4. The van der Waals surface area contributed by atoms with Crippen molar-refractivity contribution >= 4 is 49.8 Å². The second-order valence-corrected chi connectivity index (χ2v) is 8.93. The Morgan fingerprint density at radius 3 is 2.69 bits per heavy atom. The Kier molecular flexibility index (Phi) is 6.31. The van der Waals surface area contributed by atoms with Crippen LogP contribution in [0.25, 0.3) is 21.1 Å². The molecule has 0 fully saturated rings. The van der Waals surface area contributed by atoms with E-state index < -0.39 is 5.97 Å². The molecule has 0 saturated heterocycles. The highest BCUT2D eigenvalue weighted by atomic mass is 32.1. The number of aromatic hydroxyl groups is 1. The number of carbonyl (C=O) groups is 1. The van der Waals surface area contributed by atoms with Crippen molar-refractivity contribution < 1.29 is 14.6 Å². The quantitative estimate of drug-likeness (QED) is 0.208. The van der Waals surface area contributed by atoms with Crippen molar-refractivity contribution in [2.24, 2.45) is 4.99 Å². The van der Waals surface area contributed by atoms with E-state index in [-0.39, 0.29) is 5.88 Å². The summed E-state index contributed by atoms with van der Waals surface area (Å²) in [6, 6.07) is 19.1. The molecule has 3 aromatic carbocycles. The normalized spacial score (nSPS) is 11.9. The van der Waals surface area contributed by atoms with Crippen LogP contribution in [0.15, 0.2) is 71.2 Å². The summed E-state index contributed by atoms with van der Waals surface area (Å²) in [5.41, 5.74) is 7.61. The number of esters is 1. The van der Waals surface area contributed by atoms with Crippen LogP contribution < -0.4 is 5.32 Å². The van der Waals surface area contributed by atoms with E-state index in [1.165, 1.54) is 12.7 Å². The topological polar surface area (TPSA) is 99.6 Å². The van der Waals surface area contributed by atoms with Crippen LogP contribution in [-0.2, 0) is 11.3 Å². The number of H-pyrrole nitrogens is 1. The number of aliphatic imine (C=N–C) groups is 1. The molecule has 0 aliphatic heterocycles. The van der Waals surface area contributed by atoms with E-state index in [9.17, 15) is 9.90 Å². The second-order valence-electron chi connectivity index (χ2n) is 8.04. The van der Waals surface area contributed by atoms with Crippen molar-refractivity contribution in [3.05, 3.63) is 88.4 Å². The monoisotopic (exact) mass is 484 g/mol. The highest BCUT2D eigenvalue weighted by Gasteiger charge is 2.20. The summed E-state index contributed by atoms with van der Waals surface area (Å²) < 4.78 is 5.91. The van der Waals surface area contributed by atoms with Crippen LogP contribution in [0.4, 0.5) is 5.69 Å². The van der Waals surface area contributed by atoms with Crippen LogP contribution in [0.3, 0.4) is 0 Å². The van der Waals surface area contributed by atoms with Crippen LogP contribution in [0.2, 0.25) is 0 Å². The fourth-order valence-corrected chi connectivity index (χ4v) is 4.68. The predicted molar refractivity (Wildman–Crippen MR) is 140 cm³/mol. The molecule has 35 heavy (non-hydrogen) atoms. The van der Waals surface area contributed by atoms with E-state index >= 15 is 0 Å². The first-order chi connectivity index (χ1) is 17.1. The lowest BCUT2D eigenvalue weighted by Crippen LogP contribution is -2.11. The molecule has 0 atom stereocenters. The van der Waals surface area contributed by atoms with Crippen LogP contribution >= 0.6 is 11.3 Å². The average molecular weight is 485 g/mol. The molecule has 0 aliphatic carbocycles. The lowest BCUT2D eigenvalue weighted by molar-refractivity contribution is 0.0601. The van der Waals surface area contributed by atoms with Gasteiger partial charge in [0.15, 0.2) is 5.88 Å². The molecule has 0 unspecified atom stereocenters. The molecule has 2 heterocycles. The minimum absolute atomic E-state index is 0.0251. The van der Waals surface area contributed by atoms with E-state index in [0.29, 0.717) is 22.4 Å². The number of ether oxygens (including phenoxy) is 1. The van der Waals surface area contributed by atoms with Crippen molar-refractivity contribution in [2.75, 3.05) is 13.7 Å². The van der Waals surface area contributed by atoms with Gasteiger partial charge in [-0.3, -0.25) is 0 Å². The number of nitrogens with one attached hydrogen (secondary N) is 2. The average Bonchev–Trinajstić information content (AvgIpc) is 3.48. The van der Waals surface area contributed by atoms with Gasteiger partial charge in [0.25, 0.3) is 0 Å². The van der Waals surface area contributed by atoms with Crippen LogP contribution in [-0.4, -0.2) is 40.4 Å². The summed E-state index contributed by atoms with van der Waals surface area (Å²) in [6.07, 6.45) is 0. The minimum Gasteiger partial charge on any atom is -0.494 e. The SMILES string of the molecule is CCNCc1ccc(N=C(c2ccc3scnc3c2)c2c(O)[nH]c3cc(C(=O)OC)ccc23)cc1. The molecule has 176 valence electrons. The van der Waals surface area contributed by atoms with E-state index in [2.05, 4.69) is 22.2 Å². The van der Waals surface area contributed by atoms with Crippen LogP contribution in [0, 0.1) is 0 Å². The summed E-state index contributed by atoms with van der Waals surface area (Å²) in [7, 11) is 1.34. The Morgan fingerprint density at radius 1 is 1.11 bits per heavy atom. The fraction of sp³-hybridized carbons (Fsp3) is 0.148. The number of carbonyl (C=O) groups excluding carboxylic acids is 1. The summed E-state index contributed by atoms with van der Waals surface area (Å²) in [4.78, 5) is 24.4. The molecule has 0 aliphatic rings. The standard InChI is InChI=1S/C27H24N4O3S/c1-3-28-14-16-4-8-19(9-5-16)30-25(17-7-11-23-22(12-17)29-15-35-23)24-20-10-6-18(27(33)34-2)13-21(20)31-26(24)32/h4-13,15,28,31-32H,3,14H2,1-2H3. The van der Waals surface area contributed by atoms with E-state index in [1.807, 2.05) is 48.0 Å². The smallest absolute Gasteiger partial charge is 0.337 e. The van der Waals surface area contributed by atoms with Gasteiger partial charge in [0.2, 0.25) is 0 Å². The van der Waals surface area contributed by atoms with Gasteiger partial charge in [0.1, 0.15) is 0 Å². The summed E-state index contributed by atoms with van der Waals surface area (Å²) >= 11 is 1.57. The Labute approximate surface area is 206 Å². The second kappa shape index (κ2) is 9.69. The summed E-state index contributed by atoms with van der Waals surface area (Å²) in [6.45, 7) is 3.77. The molecule has 0 saturated carbocycles. The minimum atomic E-state index is -0.442. The van der Waals surface area contributed by atoms with E-state index in [4.69, 9.17) is 9.73 Å². The van der Waals surface area contributed by atoms with Gasteiger partial charge in [-0.15, -0.1) is 11.3 Å². The Morgan fingerprint density at radius 2 is 1.91 bits per heavy atom. The molecule has 0 radical (unpaired) electrons. The summed E-state index contributed by atoms with van der Waals surface area (Å²) in [5.74, 6) is -0.467. The molecule has 8 heteroatoms. The zero-order valence-electron chi connectivity index (χ0n) is 19.3. The van der Waals surface area contributed by atoms with Gasteiger partial charge in [0.05, 0.1) is 45.4 Å². The molecule has 0 bridgehead atoms. The molecular weight excluding hydrogens is 460 g/mol. The zero-order valence-corrected chi connectivity index (χ0v) is 20.1. The number of hydrogen-bond acceptors (Lipinski definition) is 7. The lowest BCUT2D eigenvalue weighted by atomic mass is 9.99. The number of aromatic amines is 1. The number of thiazole rings is 1. The Bertz CT molecular complexity index is 1550. The van der Waals surface area contributed by atoms with Crippen molar-refractivity contribution in [1.29, 1.82) is 0 Å². The van der Waals surface area contributed by atoms with Gasteiger partial charge in [-0.05, 0) is 48.5 Å². The number of benzene rings is 3. The first-order valence-corrected chi connectivity index (χ1v) is 12.1. The molecule has 0 spiro atoms. The Balaban J connectivity index is 1.66. The number of rotatable bonds is 7. The third-order valence-electron chi connectivity index (χ3n) is 5.80. The molecule has 5 aromatic rings. The number of hydrogen-bond donors (Lipinski definition) is 3. The maximum absolute atomic E-state index is 12.0. The molecule has 5 rings (SSSR count). The van der Waals surface area contributed by atoms with E-state index in [0.717, 1.165) is 39.9 Å². The van der Waals surface area contributed by atoms with Crippen molar-refractivity contribution in [3.63, 3.8) is 0 Å². The van der Waals surface area contributed by atoms with Crippen molar-refractivity contribution in [1.82, 2.24) is 15.3 Å². The molecular formula is C27H24N4O3S. The lowest BCUT2D eigenvalue weighted by Gasteiger charge is -2.09. The van der Waals surface area contributed by atoms with Crippen molar-refractivity contribution in [3.8, 4) is 5.88 Å². The number of nitrogens with zero attached hydrogens (tertiary/aromatic N) is 2. The van der Waals surface area contributed by atoms with Gasteiger partial charge in [-0.25, -0.2) is 14.8 Å². The van der Waals surface area contributed by atoms with Crippen LogP contribution in [0.5, 0.6) is 5.88 Å². The Hall–Kier alpha value is -4.01. The first kappa shape index (κ1) is 22.8.